The molecule has 23 heavy (non-hydrogen) atoms. The molecule has 0 radical (unpaired) electrons. The maximum atomic E-state index is 6.04. The van der Waals surface area contributed by atoms with E-state index in [1.54, 1.807) is 0 Å². The Kier molecular flexibility index (Phi) is 16.7. The van der Waals surface area contributed by atoms with E-state index in [2.05, 4.69) is 26.6 Å². The Balaban J connectivity index is 3.12. The van der Waals surface area contributed by atoms with E-state index in [0.29, 0.717) is 0 Å². The average Bonchev–Trinajstić information content (AvgIpc) is 2.51. The van der Waals surface area contributed by atoms with Gasteiger partial charge in [0.15, 0.2) is 8.32 Å². The zero-order valence-corrected chi connectivity index (χ0v) is 17.5. The molecule has 0 bridgehead atoms. The highest BCUT2D eigenvalue weighted by atomic mass is 28.4. The zero-order valence-electron chi connectivity index (χ0n) is 16.5. The number of unbranched alkanes of at least 4 members (excludes halogenated alkanes) is 13. The Bertz CT molecular complexity index is 250. The third kappa shape index (κ3) is 18.1. The van der Waals surface area contributed by atoms with E-state index < -0.39 is 8.32 Å². The van der Waals surface area contributed by atoms with Crippen molar-refractivity contribution < 1.29 is 4.43 Å². The Morgan fingerprint density at radius 1 is 0.696 bits per heavy atom. The maximum absolute atomic E-state index is 6.04. The topological polar surface area (TPSA) is 9.23 Å². The van der Waals surface area contributed by atoms with Crippen molar-refractivity contribution in [2.75, 3.05) is 6.61 Å². The summed E-state index contributed by atoms with van der Waals surface area (Å²) in [5, 5.41) is 0. The van der Waals surface area contributed by atoms with Crippen LogP contribution >= 0.6 is 0 Å². The summed E-state index contributed by atoms with van der Waals surface area (Å²) in [5.74, 6) is 0. The van der Waals surface area contributed by atoms with Gasteiger partial charge in [0, 0.05) is 6.61 Å². The van der Waals surface area contributed by atoms with E-state index in [1.807, 2.05) is 6.08 Å². The van der Waals surface area contributed by atoms with E-state index in [9.17, 15) is 0 Å². The molecule has 2 heteroatoms. The highest BCUT2D eigenvalue weighted by Crippen LogP contribution is 2.14. The number of allylic oxidation sites excluding steroid dienone is 1. The highest BCUT2D eigenvalue weighted by Gasteiger charge is 2.19. The van der Waals surface area contributed by atoms with Crippen molar-refractivity contribution in [2.24, 2.45) is 0 Å². The molecule has 0 aromatic carbocycles. The number of hydrogen-bond donors (Lipinski definition) is 0. The lowest BCUT2D eigenvalue weighted by molar-refractivity contribution is 0.296. The smallest absolute Gasteiger partial charge is 0.190 e. The molecule has 138 valence electrons. The van der Waals surface area contributed by atoms with Gasteiger partial charge in [-0.25, -0.2) is 0 Å². The number of hydrogen-bond acceptors (Lipinski definition) is 1. The lowest BCUT2D eigenvalue weighted by Crippen LogP contribution is -2.29. The molecule has 0 aromatic rings. The molecule has 0 saturated heterocycles. The fraction of sp³-hybridized carbons (Fsp3) is 0.905. The first-order valence-corrected chi connectivity index (χ1v) is 13.5. The van der Waals surface area contributed by atoms with E-state index >= 15 is 0 Å². The molecule has 0 heterocycles. The van der Waals surface area contributed by atoms with Crippen LogP contribution in [0.4, 0.5) is 0 Å². The highest BCUT2D eigenvalue weighted by molar-refractivity contribution is 6.71. The van der Waals surface area contributed by atoms with Crippen molar-refractivity contribution in [3.63, 3.8) is 0 Å². The van der Waals surface area contributed by atoms with Gasteiger partial charge >= 0.3 is 0 Å². The largest absolute Gasteiger partial charge is 0.417 e. The number of rotatable bonds is 18. The summed E-state index contributed by atoms with van der Waals surface area (Å²) >= 11 is 0. The van der Waals surface area contributed by atoms with E-state index in [1.165, 1.54) is 89.9 Å². The molecule has 0 aromatic heterocycles. The van der Waals surface area contributed by atoms with Crippen LogP contribution in [0.15, 0.2) is 12.7 Å². The lowest BCUT2D eigenvalue weighted by atomic mass is 10.0. The quantitative estimate of drug-likeness (QED) is 0.140. The van der Waals surface area contributed by atoms with E-state index in [0.717, 1.165) is 12.7 Å². The van der Waals surface area contributed by atoms with Gasteiger partial charge in [0.2, 0.25) is 0 Å². The molecule has 0 aliphatic heterocycles. The van der Waals surface area contributed by atoms with Crippen molar-refractivity contribution in [3.8, 4) is 0 Å². The maximum Gasteiger partial charge on any atom is 0.190 e. The third-order valence-electron chi connectivity index (χ3n) is 4.63. The average molecular weight is 341 g/mol. The van der Waals surface area contributed by atoms with Gasteiger partial charge in [-0.05, 0) is 25.6 Å². The molecule has 0 atom stereocenters. The minimum atomic E-state index is -1.43. The molecule has 0 aliphatic carbocycles. The van der Waals surface area contributed by atoms with Crippen molar-refractivity contribution in [3.05, 3.63) is 12.7 Å². The van der Waals surface area contributed by atoms with Gasteiger partial charge in [0.1, 0.15) is 0 Å². The van der Waals surface area contributed by atoms with Crippen LogP contribution in [0.25, 0.3) is 0 Å². The van der Waals surface area contributed by atoms with Crippen LogP contribution in [-0.4, -0.2) is 14.9 Å². The fourth-order valence-corrected chi connectivity index (χ4v) is 4.56. The normalized spacial score (nSPS) is 11.8. The van der Waals surface area contributed by atoms with E-state index in [-0.39, 0.29) is 0 Å². The standard InChI is InChI=1S/C21H44OSi/c1-5-7-8-9-10-11-12-13-14-15-16-17-18-19-20-22-23(3,4)21-6-2/h6H,2,5,7-21H2,1,3-4H3. The second-order valence-corrected chi connectivity index (χ2v) is 11.9. The summed E-state index contributed by atoms with van der Waals surface area (Å²) in [5.41, 5.74) is 0. The van der Waals surface area contributed by atoms with Crippen LogP contribution in [0.1, 0.15) is 96.8 Å². The summed E-state index contributed by atoms with van der Waals surface area (Å²) < 4.78 is 6.04. The van der Waals surface area contributed by atoms with Gasteiger partial charge in [-0.15, -0.1) is 6.58 Å². The van der Waals surface area contributed by atoms with Crippen molar-refractivity contribution >= 4 is 8.32 Å². The minimum absolute atomic E-state index is 0.963. The van der Waals surface area contributed by atoms with Gasteiger partial charge in [-0.2, -0.15) is 0 Å². The first kappa shape index (κ1) is 22.9. The summed E-state index contributed by atoms with van der Waals surface area (Å²) in [7, 11) is -1.43. The van der Waals surface area contributed by atoms with Crippen LogP contribution in [0, 0.1) is 0 Å². The summed E-state index contributed by atoms with van der Waals surface area (Å²) in [6.45, 7) is 11.7. The molecule has 0 aliphatic rings. The van der Waals surface area contributed by atoms with Crippen molar-refractivity contribution in [1.29, 1.82) is 0 Å². The third-order valence-corrected chi connectivity index (χ3v) is 6.88. The Labute approximate surface area is 148 Å². The molecular formula is C21H44OSi. The summed E-state index contributed by atoms with van der Waals surface area (Å²) in [4.78, 5) is 0. The molecule has 0 spiro atoms. The van der Waals surface area contributed by atoms with Gasteiger partial charge in [0.25, 0.3) is 0 Å². The zero-order chi connectivity index (χ0) is 17.2. The van der Waals surface area contributed by atoms with Crippen LogP contribution in [-0.2, 0) is 4.43 Å². The van der Waals surface area contributed by atoms with Crippen LogP contribution in [0.2, 0.25) is 19.1 Å². The lowest BCUT2D eigenvalue weighted by Gasteiger charge is -2.20. The Morgan fingerprint density at radius 3 is 1.48 bits per heavy atom. The molecule has 0 rings (SSSR count). The predicted octanol–water partition coefficient (Wildman–Crippen LogP) is 7.88. The van der Waals surface area contributed by atoms with Gasteiger partial charge in [-0.3, -0.25) is 0 Å². The van der Waals surface area contributed by atoms with Gasteiger partial charge in [-0.1, -0.05) is 96.5 Å². The SMILES string of the molecule is C=CC[Si](C)(C)OCCCCCCCCCCCCCCCC. The molecule has 0 saturated carbocycles. The Hall–Kier alpha value is -0.0831. The van der Waals surface area contributed by atoms with E-state index in [4.69, 9.17) is 4.43 Å². The Morgan fingerprint density at radius 2 is 1.09 bits per heavy atom. The molecule has 0 fully saturated rings. The van der Waals surface area contributed by atoms with Crippen LogP contribution < -0.4 is 0 Å². The summed E-state index contributed by atoms with van der Waals surface area (Å²) in [6, 6.07) is 1.08. The molecular weight excluding hydrogens is 296 g/mol. The first-order chi connectivity index (χ1) is 11.1. The van der Waals surface area contributed by atoms with Gasteiger partial charge < -0.3 is 4.43 Å². The van der Waals surface area contributed by atoms with Crippen molar-refractivity contribution in [2.45, 2.75) is 116 Å². The second-order valence-electron chi connectivity index (χ2n) is 7.70. The van der Waals surface area contributed by atoms with Crippen molar-refractivity contribution in [1.82, 2.24) is 0 Å². The molecule has 0 N–H and O–H groups in total. The molecule has 0 amide bonds. The molecule has 1 nitrogen and oxygen atoms in total. The summed E-state index contributed by atoms with van der Waals surface area (Å²) in [6.07, 6.45) is 21.8. The monoisotopic (exact) mass is 340 g/mol. The van der Waals surface area contributed by atoms with Crippen LogP contribution in [0.5, 0.6) is 0 Å². The van der Waals surface area contributed by atoms with Gasteiger partial charge in [0.05, 0.1) is 0 Å². The minimum Gasteiger partial charge on any atom is -0.417 e. The van der Waals surface area contributed by atoms with Crippen LogP contribution in [0.3, 0.4) is 0 Å². The first-order valence-electron chi connectivity index (χ1n) is 10.4. The molecule has 0 unspecified atom stereocenters. The fourth-order valence-electron chi connectivity index (χ4n) is 3.05. The predicted molar refractivity (Wildman–Crippen MR) is 109 cm³/mol. The second kappa shape index (κ2) is 16.8.